The quantitative estimate of drug-likeness (QED) is 0.371. The van der Waals surface area contributed by atoms with Crippen molar-refractivity contribution in [3.63, 3.8) is 0 Å². The van der Waals surface area contributed by atoms with Gasteiger partial charge in [0.2, 0.25) is 0 Å². The Hall–Kier alpha value is -2.55. The zero-order chi connectivity index (χ0) is 24.0. The zero-order valence-corrected chi connectivity index (χ0v) is 21.2. The molecule has 0 fully saturated rings. The van der Waals surface area contributed by atoms with E-state index in [0.29, 0.717) is 13.0 Å². The number of hydrogen-bond donors (Lipinski definition) is 0. The van der Waals surface area contributed by atoms with Crippen LogP contribution in [0.25, 0.3) is 5.57 Å². The molecule has 3 heteroatoms. The summed E-state index contributed by atoms with van der Waals surface area (Å²) in [5.74, 6) is 0.772. The largest absolute Gasteiger partial charge is 0.489 e. The van der Waals surface area contributed by atoms with E-state index >= 15 is 0 Å². The minimum Gasteiger partial charge on any atom is -0.489 e. The maximum absolute atomic E-state index is 11.3. The number of rotatable bonds is 8. The minimum atomic E-state index is -0.144. The highest BCUT2D eigenvalue weighted by atomic mass is 16.5. The summed E-state index contributed by atoms with van der Waals surface area (Å²) >= 11 is 0. The molecule has 0 aromatic heterocycles. The number of carbonyl (C=O) groups excluding carboxylic acids is 1. The van der Waals surface area contributed by atoms with Crippen molar-refractivity contribution < 1.29 is 14.3 Å². The van der Waals surface area contributed by atoms with Gasteiger partial charge in [-0.15, -0.1) is 0 Å². The molecule has 0 unspecified atom stereocenters. The summed E-state index contributed by atoms with van der Waals surface area (Å²) in [4.78, 5) is 11.3. The number of hydrogen-bond acceptors (Lipinski definition) is 3. The Morgan fingerprint density at radius 2 is 1.41 bits per heavy atom. The third-order valence-electron chi connectivity index (χ3n) is 6.89. The fourth-order valence-electron chi connectivity index (χ4n) is 4.75. The Balaban J connectivity index is 1.70. The number of benzene rings is 2. The number of carbonyl (C=O) groups is 1. The van der Waals surface area contributed by atoms with Gasteiger partial charge >= 0.3 is 5.97 Å². The van der Waals surface area contributed by atoms with E-state index < -0.39 is 0 Å². The average molecular weight is 463 g/mol. The Kier molecular flexibility index (Phi) is 11.2. The third-order valence-corrected chi connectivity index (χ3v) is 6.89. The summed E-state index contributed by atoms with van der Waals surface area (Å²) in [7, 11) is 1.44. The lowest BCUT2D eigenvalue weighted by Crippen LogP contribution is -2.06. The molecule has 0 spiro atoms. The predicted octanol–water partition coefficient (Wildman–Crippen LogP) is 8.24. The van der Waals surface area contributed by atoms with E-state index in [9.17, 15) is 4.79 Å². The summed E-state index contributed by atoms with van der Waals surface area (Å²) < 4.78 is 11.1. The second-order valence-electron chi connectivity index (χ2n) is 9.64. The number of allylic oxidation sites excluding steroid dienone is 1. The molecule has 0 atom stereocenters. The Bertz CT molecular complexity index is 893. The van der Waals surface area contributed by atoms with Gasteiger partial charge in [-0.25, -0.2) is 0 Å². The number of ether oxygens (including phenoxy) is 2. The van der Waals surface area contributed by atoms with Gasteiger partial charge in [0.25, 0.3) is 0 Å². The lowest BCUT2D eigenvalue weighted by Gasteiger charge is -2.19. The maximum Gasteiger partial charge on any atom is 0.305 e. The van der Waals surface area contributed by atoms with Crippen LogP contribution >= 0.6 is 0 Å². The van der Waals surface area contributed by atoms with E-state index in [2.05, 4.69) is 55.5 Å². The van der Waals surface area contributed by atoms with Crippen LogP contribution in [0, 0.1) is 6.92 Å². The number of esters is 1. The second kappa shape index (κ2) is 14.7. The van der Waals surface area contributed by atoms with E-state index in [1.54, 1.807) is 0 Å². The van der Waals surface area contributed by atoms with Gasteiger partial charge in [0.05, 0.1) is 7.11 Å². The van der Waals surface area contributed by atoms with Crippen molar-refractivity contribution in [2.75, 3.05) is 13.7 Å². The molecule has 0 saturated carbocycles. The molecule has 3 nitrogen and oxygen atoms in total. The molecule has 0 aliphatic heterocycles. The maximum atomic E-state index is 11.3. The molecular weight excluding hydrogens is 420 g/mol. The Morgan fingerprint density at radius 3 is 2.06 bits per heavy atom. The van der Waals surface area contributed by atoms with E-state index in [0.717, 1.165) is 31.4 Å². The van der Waals surface area contributed by atoms with Crippen molar-refractivity contribution >= 4 is 11.5 Å². The first-order chi connectivity index (χ1) is 16.7. The standard InChI is InChI=1S/C31H42O3/c1-25-16-20-27(21-17-25)30-14-10-8-6-4-3-5-7-9-13-28(30)24-34-29-22-18-26(19-23-29)12-11-15-31(32)33-2/h16-23H,3-15,24H2,1-2H3/b30-28+. The van der Waals surface area contributed by atoms with Crippen LogP contribution in [0.2, 0.25) is 0 Å². The van der Waals surface area contributed by atoms with E-state index in [4.69, 9.17) is 9.47 Å². The second-order valence-corrected chi connectivity index (χ2v) is 9.64. The van der Waals surface area contributed by atoms with Crippen LogP contribution in [-0.2, 0) is 16.0 Å². The van der Waals surface area contributed by atoms with Gasteiger partial charge in [-0.05, 0) is 79.9 Å². The number of methoxy groups -OCH3 is 1. The molecule has 0 N–H and O–H groups in total. The van der Waals surface area contributed by atoms with E-state index in [1.165, 1.54) is 86.3 Å². The molecule has 0 amide bonds. The SMILES string of the molecule is COC(=O)CCCc1ccc(OC/C2=C(/c3ccc(C)cc3)CCCCCCCCCC2)cc1. The van der Waals surface area contributed by atoms with Gasteiger partial charge in [-0.1, -0.05) is 80.5 Å². The highest BCUT2D eigenvalue weighted by Crippen LogP contribution is 2.30. The fourth-order valence-corrected chi connectivity index (χ4v) is 4.75. The van der Waals surface area contributed by atoms with Crippen LogP contribution in [0.4, 0.5) is 0 Å². The molecular formula is C31H42O3. The van der Waals surface area contributed by atoms with Crippen molar-refractivity contribution in [2.45, 2.75) is 90.4 Å². The van der Waals surface area contributed by atoms with Gasteiger partial charge in [0.1, 0.15) is 12.4 Å². The van der Waals surface area contributed by atoms with Gasteiger partial charge in [-0.3, -0.25) is 4.79 Å². The van der Waals surface area contributed by atoms with Crippen LogP contribution in [0.3, 0.4) is 0 Å². The minimum absolute atomic E-state index is 0.144. The Morgan fingerprint density at radius 1 is 0.794 bits per heavy atom. The summed E-state index contributed by atoms with van der Waals surface area (Å²) in [6.07, 6.45) is 15.0. The molecule has 0 radical (unpaired) electrons. The molecule has 184 valence electrons. The highest BCUT2D eigenvalue weighted by Gasteiger charge is 2.12. The monoisotopic (exact) mass is 462 g/mol. The molecule has 3 rings (SSSR count). The first-order valence-electron chi connectivity index (χ1n) is 13.2. The van der Waals surface area contributed by atoms with Crippen molar-refractivity contribution in [2.24, 2.45) is 0 Å². The van der Waals surface area contributed by atoms with Crippen molar-refractivity contribution in [3.8, 4) is 5.75 Å². The predicted molar refractivity (Wildman–Crippen MR) is 141 cm³/mol. The summed E-state index contributed by atoms with van der Waals surface area (Å²) in [5.41, 5.74) is 6.86. The molecule has 0 heterocycles. The fraction of sp³-hybridized carbons (Fsp3) is 0.516. The van der Waals surface area contributed by atoms with Gasteiger partial charge in [0.15, 0.2) is 0 Å². The molecule has 1 aliphatic carbocycles. The topological polar surface area (TPSA) is 35.5 Å². The zero-order valence-electron chi connectivity index (χ0n) is 21.2. The first kappa shape index (κ1) is 26.1. The lowest BCUT2D eigenvalue weighted by molar-refractivity contribution is -0.140. The van der Waals surface area contributed by atoms with Crippen LogP contribution in [-0.4, -0.2) is 19.7 Å². The molecule has 0 bridgehead atoms. The third kappa shape index (κ3) is 9.00. The van der Waals surface area contributed by atoms with E-state index in [1.807, 2.05) is 0 Å². The summed E-state index contributed by atoms with van der Waals surface area (Å²) in [6, 6.07) is 17.4. The van der Waals surface area contributed by atoms with Crippen LogP contribution in [0.1, 0.15) is 93.7 Å². The van der Waals surface area contributed by atoms with Crippen LogP contribution < -0.4 is 4.74 Å². The normalized spacial score (nSPS) is 17.9. The average Bonchev–Trinajstić information content (AvgIpc) is 2.85. The number of aryl methyl sites for hydroxylation is 2. The smallest absolute Gasteiger partial charge is 0.305 e. The van der Waals surface area contributed by atoms with Crippen LogP contribution in [0.15, 0.2) is 54.1 Å². The summed E-state index contributed by atoms with van der Waals surface area (Å²) in [6.45, 7) is 2.81. The highest BCUT2D eigenvalue weighted by molar-refractivity contribution is 5.69. The van der Waals surface area contributed by atoms with Crippen molar-refractivity contribution in [3.05, 3.63) is 70.8 Å². The molecule has 0 saturated heterocycles. The van der Waals surface area contributed by atoms with Crippen LogP contribution in [0.5, 0.6) is 5.75 Å². The molecule has 1 aliphatic rings. The van der Waals surface area contributed by atoms with Gasteiger partial charge in [0, 0.05) is 6.42 Å². The Labute approximate surface area is 206 Å². The van der Waals surface area contributed by atoms with Gasteiger partial charge < -0.3 is 9.47 Å². The van der Waals surface area contributed by atoms with Gasteiger partial charge in [-0.2, -0.15) is 0 Å². The van der Waals surface area contributed by atoms with Crippen molar-refractivity contribution in [1.29, 1.82) is 0 Å². The van der Waals surface area contributed by atoms with E-state index in [-0.39, 0.29) is 5.97 Å². The molecule has 2 aromatic rings. The lowest BCUT2D eigenvalue weighted by atomic mass is 9.90. The molecule has 2 aromatic carbocycles. The van der Waals surface area contributed by atoms with Crippen molar-refractivity contribution in [1.82, 2.24) is 0 Å². The summed E-state index contributed by atoms with van der Waals surface area (Å²) in [5, 5.41) is 0. The first-order valence-corrected chi connectivity index (χ1v) is 13.2. The molecule has 34 heavy (non-hydrogen) atoms.